The molecule has 20 heavy (non-hydrogen) atoms. The first-order chi connectivity index (χ1) is 9.58. The van der Waals surface area contributed by atoms with Gasteiger partial charge in [-0.05, 0) is 38.8 Å². The van der Waals surface area contributed by atoms with Crippen molar-refractivity contribution >= 4 is 11.7 Å². The third-order valence-electron chi connectivity index (χ3n) is 3.81. The number of aromatic nitrogens is 1. The summed E-state index contributed by atoms with van der Waals surface area (Å²) in [4.78, 5) is 18.6. The molecule has 1 atom stereocenters. The van der Waals surface area contributed by atoms with E-state index in [1.165, 1.54) is 0 Å². The highest BCUT2D eigenvalue weighted by Crippen LogP contribution is 2.25. The standard InChI is InChI=1S/C15H23N3O2/c1-4-16-13-7-6-12(10-17-13)14(19)18-9-5-8-15(2,11-18)20-3/h6-7,10H,4-5,8-9,11H2,1-3H3,(H,16,17). The first-order valence-corrected chi connectivity index (χ1v) is 7.12. The van der Waals surface area contributed by atoms with E-state index < -0.39 is 0 Å². The van der Waals surface area contributed by atoms with Crippen molar-refractivity contribution in [3.63, 3.8) is 0 Å². The number of hydrogen-bond acceptors (Lipinski definition) is 4. The van der Waals surface area contributed by atoms with E-state index in [1.807, 2.05) is 24.0 Å². The quantitative estimate of drug-likeness (QED) is 0.916. The summed E-state index contributed by atoms with van der Waals surface area (Å²) in [5, 5.41) is 3.12. The number of nitrogens with one attached hydrogen (secondary N) is 1. The van der Waals surface area contributed by atoms with Crippen molar-refractivity contribution in [2.24, 2.45) is 0 Å². The van der Waals surface area contributed by atoms with Gasteiger partial charge in [-0.1, -0.05) is 0 Å². The van der Waals surface area contributed by atoms with Gasteiger partial charge in [0.2, 0.25) is 0 Å². The van der Waals surface area contributed by atoms with Crippen LogP contribution in [-0.4, -0.2) is 48.1 Å². The van der Waals surface area contributed by atoms with Crippen LogP contribution in [0.1, 0.15) is 37.0 Å². The molecule has 0 spiro atoms. The fourth-order valence-corrected chi connectivity index (χ4v) is 2.53. The Morgan fingerprint density at radius 3 is 2.95 bits per heavy atom. The Labute approximate surface area is 120 Å². The lowest BCUT2D eigenvalue weighted by molar-refractivity contribution is -0.0440. The second kappa shape index (κ2) is 6.22. The van der Waals surface area contributed by atoms with Crippen molar-refractivity contribution in [3.05, 3.63) is 23.9 Å². The Hall–Kier alpha value is -1.62. The van der Waals surface area contributed by atoms with E-state index in [-0.39, 0.29) is 11.5 Å². The number of likely N-dealkylation sites (tertiary alicyclic amines) is 1. The van der Waals surface area contributed by atoms with Gasteiger partial charge in [-0.25, -0.2) is 4.98 Å². The number of carbonyl (C=O) groups excluding carboxylic acids is 1. The first kappa shape index (κ1) is 14.8. The average molecular weight is 277 g/mol. The molecular weight excluding hydrogens is 254 g/mol. The zero-order valence-corrected chi connectivity index (χ0v) is 12.5. The SMILES string of the molecule is CCNc1ccc(C(=O)N2CCCC(C)(OC)C2)cn1. The lowest BCUT2D eigenvalue weighted by Crippen LogP contribution is -2.49. The van der Waals surface area contributed by atoms with Crippen LogP contribution in [-0.2, 0) is 4.74 Å². The summed E-state index contributed by atoms with van der Waals surface area (Å²) >= 11 is 0. The zero-order valence-electron chi connectivity index (χ0n) is 12.5. The lowest BCUT2D eigenvalue weighted by Gasteiger charge is -2.39. The number of nitrogens with zero attached hydrogens (tertiary/aromatic N) is 2. The van der Waals surface area contributed by atoms with Gasteiger partial charge < -0.3 is 15.0 Å². The number of piperidine rings is 1. The molecule has 0 aliphatic carbocycles. The number of rotatable bonds is 4. The third kappa shape index (κ3) is 3.28. The normalized spacial score (nSPS) is 22.6. The highest BCUT2D eigenvalue weighted by molar-refractivity contribution is 5.94. The number of amides is 1. The van der Waals surface area contributed by atoms with E-state index in [1.54, 1.807) is 13.3 Å². The Kier molecular flexibility index (Phi) is 4.60. The summed E-state index contributed by atoms with van der Waals surface area (Å²) in [5.41, 5.74) is 0.400. The predicted molar refractivity (Wildman–Crippen MR) is 79.0 cm³/mol. The molecule has 1 aliphatic heterocycles. The molecule has 1 aliphatic rings. The molecule has 1 N–H and O–H groups in total. The van der Waals surface area contributed by atoms with Crippen LogP contribution < -0.4 is 5.32 Å². The third-order valence-corrected chi connectivity index (χ3v) is 3.81. The summed E-state index contributed by atoms with van der Waals surface area (Å²) in [6.07, 6.45) is 3.60. The molecule has 110 valence electrons. The average Bonchev–Trinajstić information content (AvgIpc) is 2.48. The number of carbonyl (C=O) groups is 1. The monoisotopic (exact) mass is 277 g/mol. The van der Waals surface area contributed by atoms with Crippen LogP contribution in [0, 0.1) is 0 Å². The zero-order chi connectivity index (χ0) is 14.6. The molecule has 2 rings (SSSR count). The minimum absolute atomic E-state index is 0.0310. The van der Waals surface area contributed by atoms with E-state index in [9.17, 15) is 4.79 Å². The maximum atomic E-state index is 12.5. The van der Waals surface area contributed by atoms with Gasteiger partial charge in [0.1, 0.15) is 5.82 Å². The number of pyridine rings is 1. The molecule has 0 aromatic carbocycles. The van der Waals surface area contributed by atoms with Gasteiger partial charge in [-0.2, -0.15) is 0 Å². The van der Waals surface area contributed by atoms with Crippen LogP contribution in [0.25, 0.3) is 0 Å². The van der Waals surface area contributed by atoms with Crippen LogP contribution >= 0.6 is 0 Å². The predicted octanol–water partition coefficient (Wildman–Crippen LogP) is 2.15. The van der Waals surface area contributed by atoms with E-state index in [2.05, 4.69) is 17.2 Å². The summed E-state index contributed by atoms with van der Waals surface area (Å²) in [6.45, 7) is 6.31. The van der Waals surface area contributed by atoms with Crippen LogP contribution in [0.5, 0.6) is 0 Å². The number of anilines is 1. The molecule has 1 fully saturated rings. The van der Waals surface area contributed by atoms with Gasteiger partial charge in [0.25, 0.3) is 5.91 Å². The molecule has 2 heterocycles. The molecule has 1 saturated heterocycles. The largest absolute Gasteiger partial charge is 0.377 e. The molecular formula is C15H23N3O2. The maximum Gasteiger partial charge on any atom is 0.255 e. The fourth-order valence-electron chi connectivity index (χ4n) is 2.53. The highest BCUT2D eigenvalue weighted by atomic mass is 16.5. The van der Waals surface area contributed by atoms with E-state index in [0.717, 1.165) is 31.7 Å². The summed E-state index contributed by atoms with van der Waals surface area (Å²) < 4.78 is 5.53. The minimum atomic E-state index is -0.231. The van der Waals surface area contributed by atoms with E-state index in [4.69, 9.17) is 4.74 Å². The van der Waals surface area contributed by atoms with Crippen LogP contribution in [0.2, 0.25) is 0 Å². The molecule has 0 radical (unpaired) electrons. The Morgan fingerprint density at radius 1 is 1.55 bits per heavy atom. The van der Waals surface area contributed by atoms with Gasteiger partial charge in [-0.15, -0.1) is 0 Å². The molecule has 5 nitrogen and oxygen atoms in total. The summed E-state index contributed by atoms with van der Waals surface area (Å²) in [5.74, 6) is 0.827. The van der Waals surface area contributed by atoms with Gasteiger partial charge >= 0.3 is 0 Å². The van der Waals surface area contributed by atoms with Gasteiger partial charge in [0.05, 0.1) is 11.2 Å². The minimum Gasteiger partial charge on any atom is -0.377 e. The summed E-state index contributed by atoms with van der Waals surface area (Å²) in [7, 11) is 1.71. The fraction of sp³-hybridized carbons (Fsp3) is 0.600. The van der Waals surface area contributed by atoms with Crippen LogP contribution in [0.3, 0.4) is 0 Å². The number of methoxy groups -OCH3 is 1. The number of ether oxygens (including phenoxy) is 1. The molecule has 1 aromatic rings. The second-order valence-corrected chi connectivity index (χ2v) is 5.45. The van der Waals surface area contributed by atoms with Crippen molar-refractivity contribution in [2.45, 2.75) is 32.3 Å². The summed E-state index contributed by atoms with van der Waals surface area (Å²) in [6, 6.07) is 3.67. The van der Waals surface area contributed by atoms with Crippen molar-refractivity contribution in [1.82, 2.24) is 9.88 Å². The molecule has 5 heteroatoms. The Bertz CT molecular complexity index is 461. The van der Waals surface area contributed by atoms with Gasteiger partial charge in [0.15, 0.2) is 0 Å². The smallest absolute Gasteiger partial charge is 0.255 e. The van der Waals surface area contributed by atoms with Gasteiger partial charge in [0, 0.05) is 32.9 Å². The lowest BCUT2D eigenvalue weighted by atomic mass is 9.94. The molecule has 1 amide bonds. The van der Waals surface area contributed by atoms with Crippen molar-refractivity contribution in [1.29, 1.82) is 0 Å². The van der Waals surface area contributed by atoms with Crippen molar-refractivity contribution in [3.8, 4) is 0 Å². The van der Waals surface area contributed by atoms with Crippen molar-refractivity contribution < 1.29 is 9.53 Å². The maximum absolute atomic E-state index is 12.5. The van der Waals surface area contributed by atoms with E-state index >= 15 is 0 Å². The second-order valence-electron chi connectivity index (χ2n) is 5.45. The topological polar surface area (TPSA) is 54.5 Å². The van der Waals surface area contributed by atoms with Crippen LogP contribution in [0.4, 0.5) is 5.82 Å². The van der Waals surface area contributed by atoms with Crippen LogP contribution in [0.15, 0.2) is 18.3 Å². The molecule has 1 unspecified atom stereocenters. The molecule has 0 saturated carbocycles. The molecule has 0 bridgehead atoms. The van der Waals surface area contributed by atoms with Crippen molar-refractivity contribution in [2.75, 3.05) is 32.1 Å². The Balaban J connectivity index is 2.06. The Morgan fingerprint density at radius 2 is 2.35 bits per heavy atom. The number of hydrogen-bond donors (Lipinski definition) is 1. The first-order valence-electron chi connectivity index (χ1n) is 7.12. The highest BCUT2D eigenvalue weighted by Gasteiger charge is 2.33. The molecule has 1 aromatic heterocycles. The van der Waals surface area contributed by atoms with E-state index in [0.29, 0.717) is 12.1 Å². The van der Waals surface area contributed by atoms with Gasteiger partial charge in [-0.3, -0.25) is 4.79 Å².